The molecule has 116 valence electrons. The van der Waals surface area contributed by atoms with Crippen molar-refractivity contribution in [2.75, 3.05) is 5.32 Å². The van der Waals surface area contributed by atoms with E-state index >= 15 is 0 Å². The molecule has 2 N–H and O–H groups in total. The van der Waals surface area contributed by atoms with Gasteiger partial charge in [-0.2, -0.15) is 5.26 Å². The van der Waals surface area contributed by atoms with E-state index in [0.29, 0.717) is 5.56 Å². The number of hydrogen-bond acceptors (Lipinski definition) is 4. The summed E-state index contributed by atoms with van der Waals surface area (Å²) in [6.45, 7) is 0. The lowest BCUT2D eigenvalue weighted by molar-refractivity contribution is -0.112. The van der Waals surface area contributed by atoms with Gasteiger partial charge in [0.1, 0.15) is 11.6 Å². The zero-order valence-corrected chi connectivity index (χ0v) is 12.4. The van der Waals surface area contributed by atoms with Crippen molar-refractivity contribution in [3.8, 4) is 6.07 Å². The maximum atomic E-state index is 12.3. The lowest BCUT2D eigenvalue weighted by Crippen LogP contribution is -2.21. The van der Waals surface area contributed by atoms with Crippen LogP contribution in [0.25, 0.3) is 6.08 Å². The van der Waals surface area contributed by atoms with Crippen molar-refractivity contribution >= 4 is 29.5 Å². The molecule has 3 rings (SSSR count). The van der Waals surface area contributed by atoms with Gasteiger partial charge in [-0.25, -0.2) is 0 Å². The van der Waals surface area contributed by atoms with Crippen LogP contribution in [0.1, 0.15) is 26.3 Å². The first-order valence-electron chi connectivity index (χ1n) is 7.07. The quantitative estimate of drug-likeness (QED) is 0.514. The van der Waals surface area contributed by atoms with Crippen molar-refractivity contribution < 1.29 is 14.4 Å². The van der Waals surface area contributed by atoms with Crippen LogP contribution in [-0.4, -0.2) is 17.7 Å². The number of nitriles is 1. The van der Waals surface area contributed by atoms with Crippen LogP contribution in [0.5, 0.6) is 0 Å². The molecule has 1 aliphatic heterocycles. The van der Waals surface area contributed by atoms with Crippen LogP contribution in [0.2, 0.25) is 0 Å². The highest BCUT2D eigenvalue weighted by atomic mass is 16.2. The predicted octanol–water partition coefficient (Wildman–Crippen LogP) is 2.12. The second-order valence-corrected chi connectivity index (χ2v) is 5.05. The Kier molecular flexibility index (Phi) is 3.91. The van der Waals surface area contributed by atoms with Crippen molar-refractivity contribution in [2.24, 2.45) is 0 Å². The highest BCUT2D eigenvalue weighted by Gasteiger charge is 2.30. The molecule has 2 aromatic carbocycles. The van der Waals surface area contributed by atoms with Crippen molar-refractivity contribution in [3.05, 3.63) is 70.8 Å². The first-order valence-corrected chi connectivity index (χ1v) is 7.07. The van der Waals surface area contributed by atoms with Gasteiger partial charge in [0.05, 0.1) is 16.8 Å². The molecule has 0 atom stereocenters. The van der Waals surface area contributed by atoms with Crippen LogP contribution in [0, 0.1) is 11.3 Å². The number of imide groups is 1. The minimum Gasteiger partial charge on any atom is -0.321 e. The Morgan fingerprint density at radius 2 is 1.79 bits per heavy atom. The van der Waals surface area contributed by atoms with E-state index in [1.165, 1.54) is 18.2 Å². The number of carbonyl (C=O) groups is 3. The molecule has 0 unspecified atom stereocenters. The molecule has 0 bridgehead atoms. The fourth-order valence-electron chi connectivity index (χ4n) is 2.38. The molecule has 0 radical (unpaired) electrons. The molecular weight excluding hydrogens is 306 g/mol. The molecule has 3 amide bonds. The summed E-state index contributed by atoms with van der Waals surface area (Å²) >= 11 is 0. The Bertz CT molecular complexity index is 924. The largest absolute Gasteiger partial charge is 0.321 e. The third kappa shape index (κ3) is 2.78. The molecule has 0 aliphatic carbocycles. The van der Waals surface area contributed by atoms with E-state index in [1.54, 1.807) is 30.3 Å². The summed E-state index contributed by atoms with van der Waals surface area (Å²) in [4.78, 5) is 35.8. The first-order chi connectivity index (χ1) is 11.6. The van der Waals surface area contributed by atoms with Crippen LogP contribution >= 0.6 is 0 Å². The molecule has 0 saturated carbocycles. The third-order valence-electron chi connectivity index (χ3n) is 3.49. The van der Waals surface area contributed by atoms with Gasteiger partial charge in [-0.1, -0.05) is 36.4 Å². The monoisotopic (exact) mass is 317 g/mol. The zero-order chi connectivity index (χ0) is 17.1. The second-order valence-electron chi connectivity index (χ2n) is 5.05. The van der Waals surface area contributed by atoms with Crippen LogP contribution in [0.4, 0.5) is 5.69 Å². The maximum Gasteiger partial charge on any atom is 0.266 e. The highest BCUT2D eigenvalue weighted by Crippen LogP contribution is 2.24. The first kappa shape index (κ1) is 15.2. The molecule has 0 spiro atoms. The van der Waals surface area contributed by atoms with E-state index in [0.717, 1.165) is 0 Å². The summed E-state index contributed by atoms with van der Waals surface area (Å²) in [7, 11) is 0. The maximum absolute atomic E-state index is 12.3. The number of nitrogens with zero attached hydrogens (tertiary/aromatic N) is 1. The van der Waals surface area contributed by atoms with Gasteiger partial charge in [0.2, 0.25) is 0 Å². The van der Waals surface area contributed by atoms with Crippen molar-refractivity contribution in [2.45, 2.75) is 0 Å². The van der Waals surface area contributed by atoms with Crippen molar-refractivity contribution in [1.82, 2.24) is 5.32 Å². The van der Waals surface area contributed by atoms with E-state index in [9.17, 15) is 19.6 Å². The van der Waals surface area contributed by atoms with Crippen LogP contribution in [0.15, 0.2) is 54.1 Å². The van der Waals surface area contributed by atoms with Crippen LogP contribution < -0.4 is 10.6 Å². The second kappa shape index (κ2) is 6.18. The number of nitrogens with one attached hydrogen (secondary N) is 2. The van der Waals surface area contributed by atoms with Crippen molar-refractivity contribution in [1.29, 1.82) is 5.26 Å². The lowest BCUT2D eigenvalue weighted by Gasteiger charge is -2.07. The Hall–Kier alpha value is -3.72. The average Bonchev–Trinajstić information content (AvgIpc) is 2.89. The average molecular weight is 317 g/mol. The number of amides is 3. The summed E-state index contributed by atoms with van der Waals surface area (Å²) < 4.78 is 0. The minimum atomic E-state index is -0.651. The number of anilines is 1. The molecule has 0 saturated heterocycles. The summed E-state index contributed by atoms with van der Waals surface area (Å²) in [6, 6.07) is 15.3. The van der Waals surface area contributed by atoms with Gasteiger partial charge >= 0.3 is 0 Å². The molecule has 6 nitrogen and oxygen atoms in total. The molecule has 6 heteroatoms. The third-order valence-corrected chi connectivity index (χ3v) is 3.49. The summed E-state index contributed by atoms with van der Waals surface area (Å²) in [5.74, 6) is -1.73. The highest BCUT2D eigenvalue weighted by molar-refractivity contribution is 6.25. The normalized spacial score (nSPS) is 13.0. The summed E-state index contributed by atoms with van der Waals surface area (Å²) in [6.07, 6.45) is 1.45. The molecule has 0 aromatic heterocycles. The number of hydrogen-bond donors (Lipinski definition) is 2. The molecule has 1 aliphatic rings. The molecule has 0 fully saturated rings. The molecule has 2 aromatic rings. The Morgan fingerprint density at radius 1 is 1.04 bits per heavy atom. The SMILES string of the molecule is N#C/C(=C/c1ccccc1)C(=O)Nc1cccc2c1C(=O)NC2=O. The zero-order valence-electron chi connectivity index (χ0n) is 12.4. The van der Waals surface area contributed by atoms with E-state index < -0.39 is 17.7 Å². The summed E-state index contributed by atoms with van der Waals surface area (Å²) in [5.41, 5.74) is 1.09. The smallest absolute Gasteiger partial charge is 0.266 e. The number of fused-ring (bicyclic) bond motifs is 1. The van der Waals surface area contributed by atoms with Gasteiger partial charge in [-0.05, 0) is 23.8 Å². The summed E-state index contributed by atoms with van der Waals surface area (Å²) in [5, 5.41) is 13.9. The molecule has 1 heterocycles. The minimum absolute atomic E-state index is 0.104. The Morgan fingerprint density at radius 3 is 2.50 bits per heavy atom. The fourth-order valence-corrected chi connectivity index (χ4v) is 2.38. The van der Waals surface area contributed by atoms with E-state index in [1.807, 2.05) is 12.1 Å². The van der Waals surface area contributed by atoms with Gasteiger partial charge < -0.3 is 5.32 Å². The van der Waals surface area contributed by atoms with Crippen LogP contribution in [-0.2, 0) is 4.79 Å². The Labute approximate surface area is 137 Å². The van der Waals surface area contributed by atoms with Gasteiger partial charge in [-0.3, -0.25) is 19.7 Å². The number of carbonyl (C=O) groups excluding carboxylic acids is 3. The van der Waals surface area contributed by atoms with E-state index in [-0.39, 0.29) is 22.4 Å². The van der Waals surface area contributed by atoms with Crippen molar-refractivity contribution in [3.63, 3.8) is 0 Å². The molecular formula is C18H11N3O3. The van der Waals surface area contributed by atoms with Gasteiger partial charge in [0, 0.05) is 0 Å². The van der Waals surface area contributed by atoms with E-state index in [4.69, 9.17) is 0 Å². The topological polar surface area (TPSA) is 99.1 Å². The predicted molar refractivity (Wildman–Crippen MR) is 86.9 cm³/mol. The van der Waals surface area contributed by atoms with Crippen LogP contribution in [0.3, 0.4) is 0 Å². The lowest BCUT2D eigenvalue weighted by atomic mass is 10.1. The molecule has 24 heavy (non-hydrogen) atoms. The van der Waals surface area contributed by atoms with Gasteiger partial charge in [0.15, 0.2) is 0 Å². The standard InChI is InChI=1S/C18H11N3O3/c19-10-12(9-11-5-2-1-3-6-11)16(22)20-14-8-4-7-13-15(14)18(24)21-17(13)23/h1-9H,(H,20,22)(H,21,23,24)/b12-9-. The van der Waals surface area contributed by atoms with Gasteiger partial charge in [0.25, 0.3) is 17.7 Å². The van der Waals surface area contributed by atoms with E-state index in [2.05, 4.69) is 10.6 Å². The number of benzene rings is 2. The number of rotatable bonds is 3. The van der Waals surface area contributed by atoms with Gasteiger partial charge in [-0.15, -0.1) is 0 Å². The Balaban J connectivity index is 1.91. The fraction of sp³-hybridized carbons (Fsp3) is 0.